The highest BCUT2D eigenvalue weighted by Gasteiger charge is 2.18. The number of rotatable bonds is 5. The van der Waals surface area contributed by atoms with Crippen LogP contribution in [-0.2, 0) is 19.5 Å². The van der Waals surface area contributed by atoms with E-state index in [-0.39, 0.29) is 0 Å². The van der Waals surface area contributed by atoms with E-state index >= 15 is 0 Å². The van der Waals surface area contributed by atoms with Crippen LogP contribution in [0.2, 0.25) is 0 Å². The first-order valence-electron chi connectivity index (χ1n) is 7.51. The summed E-state index contributed by atoms with van der Waals surface area (Å²) >= 11 is 0. The van der Waals surface area contributed by atoms with Gasteiger partial charge in [-0.15, -0.1) is 0 Å². The third-order valence-corrected chi connectivity index (χ3v) is 4.08. The zero-order valence-electron chi connectivity index (χ0n) is 12.1. The fourth-order valence-corrected chi connectivity index (χ4v) is 2.97. The van der Waals surface area contributed by atoms with E-state index < -0.39 is 0 Å². The lowest BCUT2D eigenvalue weighted by atomic mass is 9.87. The number of aryl methyl sites for hydroxylation is 2. The molecule has 1 saturated carbocycles. The van der Waals surface area contributed by atoms with Gasteiger partial charge in [0, 0.05) is 19.1 Å². The molecule has 2 rings (SSSR count). The van der Waals surface area contributed by atoms with E-state index in [1.165, 1.54) is 37.1 Å². The second-order valence-electron chi connectivity index (χ2n) is 5.65. The lowest BCUT2D eigenvalue weighted by Gasteiger charge is -2.27. The van der Waals surface area contributed by atoms with Gasteiger partial charge in [0.25, 0.3) is 0 Å². The van der Waals surface area contributed by atoms with Crippen molar-refractivity contribution in [1.29, 1.82) is 0 Å². The minimum absolute atomic E-state index is 0.707. The molecule has 0 bridgehead atoms. The maximum atomic E-state index is 4.60. The molecule has 0 spiro atoms. The molecule has 0 amide bonds. The second kappa shape index (κ2) is 6.37. The molecule has 1 N–H and O–H groups in total. The molecule has 1 aromatic rings. The molecule has 2 unspecified atom stereocenters. The molecule has 1 heterocycles. The van der Waals surface area contributed by atoms with Gasteiger partial charge in [0.2, 0.25) is 0 Å². The predicted octanol–water partition coefficient (Wildman–Crippen LogP) is 3.13. The summed E-state index contributed by atoms with van der Waals surface area (Å²) in [5.74, 6) is 0.888. The van der Waals surface area contributed by atoms with Crippen molar-refractivity contribution < 1.29 is 0 Å². The van der Waals surface area contributed by atoms with Crippen LogP contribution in [0.4, 0.5) is 0 Å². The fraction of sp³-hybridized carbons (Fsp3) is 0.800. The van der Waals surface area contributed by atoms with Gasteiger partial charge in [-0.25, -0.2) is 0 Å². The van der Waals surface area contributed by atoms with Crippen LogP contribution in [0.5, 0.6) is 0 Å². The Morgan fingerprint density at radius 3 is 2.89 bits per heavy atom. The maximum Gasteiger partial charge on any atom is 0.0625 e. The number of aromatic nitrogens is 2. The van der Waals surface area contributed by atoms with Gasteiger partial charge in [-0.3, -0.25) is 4.68 Å². The molecular formula is C15H27N3. The number of nitrogens with one attached hydrogen (secondary N) is 1. The normalized spacial score (nSPS) is 24.4. The molecule has 0 aliphatic heterocycles. The molecule has 1 fully saturated rings. The summed E-state index contributed by atoms with van der Waals surface area (Å²) in [5, 5.41) is 8.32. The Hall–Kier alpha value is -0.830. The van der Waals surface area contributed by atoms with Gasteiger partial charge >= 0.3 is 0 Å². The van der Waals surface area contributed by atoms with Crippen LogP contribution in [0.1, 0.15) is 57.8 Å². The molecule has 1 aromatic heterocycles. The van der Waals surface area contributed by atoms with Crippen molar-refractivity contribution in [2.45, 2.75) is 72.0 Å². The Kier molecular flexibility index (Phi) is 4.81. The Bertz CT molecular complexity index is 370. The van der Waals surface area contributed by atoms with E-state index in [9.17, 15) is 0 Å². The molecule has 0 radical (unpaired) electrons. The topological polar surface area (TPSA) is 29.9 Å². The van der Waals surface area contributed by atoms with Crippen molar-refractivity contribution in [3.05, 3.63) is 17.5 Å². The Balaban J connectivity index is 1.90. The maximum absolute atomic E-state index is 4.60. The van der Waals surface area contributed by atoms with Crippen molar-refractivity contribution >= 4 is 0 Å². The molecular weight excluding hydrogens is 222 g/mol. The molecule has 102 valence electrons. The largest absolute Gasteiger partial charge is 0.308 e. The molecule has 1 aliphatic carbocycles. The van der Waals surface area contributed by atoms with Crippen molar-refractivity contribution in [2.24, 2.45) is 5.92 Å². The Morgan fingerprint density at radius 2 is 2.22 bits per heavy atom. The molecule has 3 heteroatoms. The molecule has 0 aromatic carbocycles. The van der Waals surface area contributed by atoms with E-state index in [1.807, 2.05) is 0 Å². The van der Waals surface area contributed by atoms with Gasteiger partial charge in [-0.05, 0) is 38.2 Å². The number of nitrogens with zero attached hydrogens (tertiary/aromatic N) is 2. The summed E-state index contributed by atoms with van der Waals surface area (Å²) in [5.41, 5.74) is 2.55. The minimum atomic E-state index is 0.707. The number of hydrogen-bond acceptors (Lipinski definition) is 2. The van der Waals surface area contributed by atoms with E-state index in [0.29, 0.717) is 6.04 Å². The van der Waals surface area contributed by atoms with E-state index in [1.54, 1.807) is 0 Å². The molecule has 3 nitrogen and oxygen atoms in total. The smallest absolute Gasteiger partial charge is 0.0625 e. The summed E-state index contributed by atoms with van der Waals surface area (Å²) in [7, 11) is 0. The van der Waals surface area contributed by atoms with Gasteiger partial charge in [0.1, 0.15) is 0 Å². The van der Waals surface area contributed by atoms with E-state index in [4.69, 9.17) is 0 Å². The minimum Gasteiger partial charge on any atom is -0.308 e. The van der Waals surface area contributed by atoms with Gasteiger partial charge in [0.15, 0.2) is 0 Å². The molecule has 0 saturated heterocycles. The first kappa shape index (κ1) is 13.6. The van der Waals surface area contributed by atoms with E-state index in [2.05, 4.69) is 41.9 Å². The fourth-order valence-electron chi connectivity index (χ4n) is 2.97. The van der Waals surface area contributed by atoms with Gasteiger partial charge < -0.3 is 5.32 Å². The summed E-state index contributed by atoms with van der Waals surface area (Å²) < 4.78 is 2.14. The van der Waals surface area contributed by atoms with Crippen LogP contribution >= 0.6 is 0 Å². The highest BCUT2D eigenvalue weighted by molar-refractivity contribution is 5.10. The number of hydrogen-bond donors (Lipinski definition) is 1. The first-order valence-corrected chi connectivity index (χ1v) is 7.51. The molecule has 2 atom stereocenters. The van der Waals surface area contributed by atoms with Gasteiger partial charge in [0.05, 0.1) is 11.4 Å². The van der Waals surface area contributed by atoms with Crippen molar-refractivity contribution in [1.82, 2.24) is 15.1 Å². The van der Waals surface area contributed by atoms with Crippen LogP contribution in [0.15, 0.2) is 6.07 Å². The zero-order chi connectivity index (χ0) is 13.0. The third kappa shape index (κ3) is 3.35. The molecule has 1 aliphatic rings. The monoisotopic (exact) mass is 249 g/mol. The van der Waals surface area contributed by atoms with Crippen molar-refractivity contribution in [3.63, 3.8) is 0 Å². The van der Waals surface area contributed by atoms with Gasteiger partial charge in [-0.1, -0.05) is 26.7 Å². The summed E-state index contributed by atoms with van der Waals surface area (Å²) in [6, 6.07) is 2.96. The predicted molar refractivity (Wildman–Crippen MR) is 75.5 cm³/mol. The lowest BCUT2D eigenvalue weighted by Crippen LogP contribution is -2.33. The first-order chi connectivity index (χ1) is 8.72. The SMILES string of the molecule is CCc1cc(CNC2CCCC(C)C2)n(CC)n1. The highest BCUT2D eigenvalue weighted by Crippen LogP contribution is 2.23. The quantitative estimate of drug-likeness (QED) is 0.869. The zero-order valence-corrected chi connectivity index (χ0v) is 12.1. The van der Waals surface area contributed by atoms with Gasteiger partial charge in [-0.2, -0.15) is 5.10 Å². The van der Waals surface area contributed by atoms with Crippen LogP contribution in [-0.4, -0.2) is 15.8 Å². The van der Waals surface area contributed by atoms with E-state index in [0.717, 1.165) is 25.4 Å². The van der Waals surface area contributed by atoms with Crippen LogP contribution in [0.25, 0.3) is 0 Å². The third-order valence-electron chi connectivity index (χ3n) is 4.08. The lowest BCUT2D eigenvalue weighted by molar-refractivity contribution is 0.298. The van der Waals surface area contributed by atoms with Crippen molar-refractivity contribution in [2.75, 3.05) is 0 Å². The highest BCUT2D eigenvalue weighted by atomic mass is 15.3. The van der Waals surface area contributed by atoms with Crippen LogP contribution in [0.3, 0.4) is 0 Å². The standard InChI is InChI=1S/C15H27N3/c1-4-13-10-15(18(5-2)17-13)11-16-14-8-6-7-12(3)9-14/h10,12,14,16H,4-9,11H2,1-3H3. The Labute approximate surface area is 111 Å². The second-order valence-corrected chi connectivity index (χ2v) is 5.65. The average Bonchev–Trinajstić information content (AvgIpc) is 2.79. The summed E-state index contributed by atoms with van der Waals surface area (Å²) in [6.07, 6.45) is 6.49. The van der Waals surface area contributed by atoms with Crippen LogP contribution < -0.4 is 5.32 Å². The average molecular weight is 249 g/mol. The van der Waals surface area contributed by atoms with Crippen LogP contribution in [0, 0.1) is 5.92 Å². The summed E-state index contributed by atoms with van der Waals surface area (Å²) in [4.78, 5) is 0. The summed E-state index contributed by atoms with van der Waals surface area (Å²) in [6.45, 7) is 8.65. The Morgan fingerprint density at radius 1 is 1.39 bits per heavy atom. The van der Waals surface area contributed by atoms with Crippen molar-refractivity contribution in [3.8, 4) is 0 Å². The molecule has 18 heavy (non-hydrogen) atoms.